The van der Waals surface area contributed by atoms with Crippen molar-refractivity contribution in [2.45, 2.75) is 58.8 Å². The van der Waals surface area contributed by atoms with Gasteiger partial charge in [0.1, 0.15) is 0 Å². The Labute approximate surface area is 137 Å². The lowest BCUT2D eigenvalue weighted by atomic mass is 10.0. The van der Waals surface area contributed by atoms with Crippen molar-refractivity contribution in [2.75, 3.05) is 13.1 Å². The van der Waals surface area contributed by atoms with E-state index < -0.39 is 29.9 Å². The first kappa shape index (κ1) is 19.2. The van der Waals surface area contributed by atoms with Gasteiger partial charge in [-0.05, 0) is 34.6 Å². The summed E-state index contributed by atoms with van der Waals surface area (Å²) in [6.07, 6.45) is 0. The summed E-state index contributed by atoms with van der Waals surface area (Å²) >= 11 is 0. The maximum Gasteiger partial charge on any atom is 0.320 e. The van der Waals surface area contributed by atoms with Crippen molar-refractivity contribution in [3.05, 3.63) is 0 Å². The lowest BCUT2D eigenvalue weighted by molar-refractivity contribution is -0.142. The van der Waals surface area contributed by atoms with Crippen molar-refractivity contribution in [3.63, 3.8) is 0 Å². The van der Waals surface area contributed by atoms with Crippen molar-refractivity contribution in [2.24, 2.45) is 11.7 Å². The molecular weight excluding hydrogens is 300 g/mol. The van der Waals surface area contributed by atoms with Gasteiger partial charge in [0.2, 0.25) is 5.91 Å². The monoisotopic (exact) mass is 328 g/mol. The summed E-state index contributed by atoms with van der Waals surface area (Å²) in [5.74, 6) is -2.28. The number of rotatable bonds is 5. The predicted octanol–water partition coefficient (Wildman–Crippen LogP) is 0.0736. The van der Waals surface area contributed by atoms with E-state index in [1.54, 1.807) is 4.90 Å². The quantitative estimate of drug-likeness (QED) is 0.660. The number of hydrogen-bond acceptors (Lipinski definition) is 4. The fraction of sp³-hybridized carbons (Fsp3) is 0.800. The summed E-state index contributed by atoms with van der Waals surface area (Å²) < 4.78 is 0. The Morgan fingerprint density at radius 3 is 2.04 bits per heavy atom. The molecular formula is C15H28N4O4. The second-order valence-corrected chi connectivity index (χ2v) is 6.63. The van der Waals surface area contributed by atoms with Gasteiger partial charge in [0.15, 0.2) is 0 Å². The minimum Gasteiger partial charge on any atom is -0.481 e. The van der Waals surface area contributed by atoms with E-state index in [-0.39, 0.29) is 31.2 Å². The highest BCUT2D eigenvalue weighted by Crippen LogP contribution is 2.21. The lowest BCUT2D eigenvalue weighted by Gasteiger charge is -2.34. The van der Waals surface area contributed by atoms with Crippen LogP contribution in [0.4, 0.5) is 4.79 Å². The third kappa shape index (κ3) is 4.57. The Kier molecular flexibility index (Phi) is 6.37. The van der Waals surface area contributed by atoms with Crippen LogP contribution in [0.3, 0.4) is 0 Å². The van der Waals surface area contributed by atoms with Crippen molar-refractivity contribution >= 4 is 17.9 Å². The zero-order chi connectivity index (χ0) is 17.9. The van der Waals surface area contributed by atoms with E-state index >= 15 is 0 Å². The molecule has 23 heavy (non-hydrogen) atoms. The molecule has 0 aromatic rings. The molecule has 0 aliphatic carbocycles. The molecule has 1 aliphatic rings. The van der Waals surface area contributed by atoms with E-state index in [1.807, 2.05) is 27.7 Å². The molecule has 0 spiro atoms. The minimum absolute atomic E-state index is 0.00323. The summed E-state index contributed by atoms with van der Waals surface area (Å²) in [6.45, 7) is 9.44. The Morgan fingerprint density at radius 1 is 1.13 bits per heavy atom. The molecule has 1 fully saturated rings. The van der Waals surface area contributed by atoms with Crippen LogP contribution in [0, 0.1) is 5.92 Å². The van der Waals surface area contributed by atoms with Crippen LogP contribution in [0.1, 0.15) is 34.6 Å². The number of nitrogens with two attached hydrogens (primary N) is 1. The SMILES string of the molecule is CC(N)C(=O)N[C@@H]1CN(C(=O)N(C(C)C)C(C)C)C[C@@H]1C(=O)O. The zero-order valence-corrected chi connectivity index (χ0v) is 14.4. The molecule has 4 N–H and O–H groups in total. The Bertz CT molecular complexity index is 456. The summed E-state index contributed by atoms with van der Waals surface area (Å²) in [5.41, 5.74) is 5.51. The van der Waals surface area contributed by atoms with Gasteiger partial charge in [0, 0.05) is 25.2 Å². The van der Waals surface area contributed by atoms with Gasteiger partial charge in [-0.15, -0.1) is 0 Å². The second-order valence-electron chi connectivity index (χ2n) is 6.63. The molecule has 1 heterocycles. The second kappa shape index (κ2) is 7.63. The highest BCUT2D eigenvalue weighted by Gasteiger charge is 2.42. The lowest BCUT2D eigenvalue weighted by Crippen LogP contribution is -2.50. The molecule has 1 unspecified atom stereocenters. The van der Waals surface area contributed by atoms with Gasteiger partial charge in [0.05, 0.1) is 18.0 Å². The number of carboxylic acid groups (broad SMARTS) is 1. The number of carboxylic acids is 1. The standard InChI is InChI=1S/C15H28N4O4/c1-8(2)19(9(3)4)15(23)18-6-11(14(21)22)12(7-18)17-13(20)10(5)16/h8-12H,6-7,16H2,1-5H3,(H,17,20)(H,21,22)/t10?,11-,12+/m0/s1. The number of amides is 3. The van der Waals surface area contributed by atoms with Crippen molar-refractivity contribution in [1.82, 2.24) is 15.1 Å². The molecule has 0 saturated carbocycles. The van der Waals surface area contributed by atoms with E-state index in [4.69, 9.17) is 5.73 Å². The number of urea groups is 1. The molecule has 0 aromatic carbocycles. The molecule has 8 nitrogen and oxygen atoms in total. The molecule has 0 radical (unpaired) electrons. The van der Waals surface area contributed by atoms with Gasteiger partial charge in [-0.2, -0.15) is 0 Å². The average molecular weight is 328 g/mol. The van der Waals surface area contributed by atoms with E-state index in [2.05, 4.69) is 5.32 Å². The van der Waals surface area contributed by atoms with Crippen LogP contribution in [-0.2, 0) is 9.59 Å². The maximum atomic E-state index is 12.7. The molecule has 3 amide bonds. The molecule has 1 saturated heterocycles. The molecule has 3 atom stereocenters. The molecule has 0 aromatic heterocycles. The highest BCUT2D eigenvalue weighted by molar-refractivity contribution is 5.83. The van der Waals surface area contributed by atoms with Crippen molar-refractivity contribution in [3.8, 4) is 0 Å². The van der Waals surface area contributed by atoms with Crippen LogP contribution in [-0.4, -0.2) is 70.1 Å². The Morgan fingerprint density at radius 2 is 1.65 bits per heavy atom. The number of nitrogens with one attached hydrogen (secondary N) is 1. The van der Waals surface area contributed by atoms with E-state index in [0.717, 1.165) is 0 Å². The summed E-state index contributed by atoms with van der Waals surface area (Å²) in [6, 6.07) is -1.56. The van der Waals surface area contributed by atoms with Crippen LogP contribution >= 0.6 is 0 Å². The van der Waals surface area contributed by atoms with E-state index in [0.29, 0.717) is 0 Å². The van der Waals surface area contributed by atoms with Crippen LogP contribution in [0.25, 0.3) is 0 Å². The van der Waals surface area contributed by atoms with Crippen LogP contribution in [0.15, 0.2) is 0 Å². The number of hydrogen-bond donors (Lipinski definition) is 3. The van der Waals surface area contributed by atoms with Gasteiger partial charge < -0.3 is 26.0 Å². The van der Waals surface area contributed by atoms with Gasteiger partial charge in [-0.25, -0.2) is 4.79 Å². The number of aliphatic carboxylic acids is 1. The average Bonchev–Trinajstić information content (AvgIpc) is 2.81. The van der Waals surface area contributed by atoms with Gasteiger partial charge in [0.25, 0.3) is 0 Å². The molecule has 0 bridgehead atoms. The summed E-state index contributed by atoms with van der Waals surface area (Å²) in [7, 11) is 0. The fourth-order valence-corrected chi connectivity index (χ4v) is 2.87. The van der Waals surface area contributed by atoms with Gasteiger partial charge in [-0.1, -0.05) is 0 Å². The first-order valence-corrected chi connectivity index (χ1v) is 7.92. The largest absolute Gasteiger partial charge is 0.481 e. The maximum absolute atomic E-state index is 12.7. The third-order valence-corrected chi connectivity index (χ3v) is 3.98. The van der Waals surface area contributed by atoms with Gasteiger partial charge in [-0.3, -0.25) is 9.59 Å². The van der Waals surface area contributed by atoms with Crippen molar-refractivity contribution in [1.29, 1.82) is 0 Å². The first-order chi connectivity index (χ1) is 10.6. The normalized spacial score (nSPS) is 22.3. The molecule has 132 valence electrons. The number of carbonyl (C=O) groups excluding carboxylic acids is 2. The number of likely N-dealkylation sites (tertiary alicyclic amines) is 1. The predicted molar refractivity (Wildman–Crippen MR) is 85.8 cm³/mol. The third-order valence-electron chi connectivity index (χ3n) is 3.98. The zero-order valence-electron chi connectivity index (χ0n) is 14.4. The topological polar surface area (TPSA) is 116 Å². The summed E-state index contributed by atoms with van der Waals surface area (Å²) in [5, 5.41) is 12.0. The van der Waals surface area contributed by atoms with Crippen LogP contribution < -0.4 is 11.1 Å². The molecule has 8 heteroatoms. The van der Waals surface area contributed by atoms with Crippen LogP contribution in [0.5, 0.6) is 0 Å². The minimum atomic E-state index is -1.03. The highest BCUT2D eigenvalue weighted by atomic mass is 16.4. The fourth-order valence-electron chi connectivity index (χ4n) is 2.87. The number of carbonyl (C=O) groups is 3. The number of nitrogens with zero attached hydrogens (tertiary/aromatic N) is 2. The van der Waals surface area contributed by atoms with E-state index in [1.165, 1.54) is 11.8 Å². The molecule has 1 aliphatic heterocycles. The Balaban J connectivity index is 2.89. The molecule has 1 rings (SSSR count). The van der Waals surface area contributed by atoms with Gasteiger partial charge >= 0.3 is 12.0 Å². The summed E-state index contributed by atoms with van der Waals surface area (Å²) in [4.78, 5) is 39.1. The van der Waals surface area contributed by atoms with Crippen LogP contribution in [0.2, 0.25) is 0 Å². The smallest absolute Gasteiger partial charge is 0.320 e. The van der Waals surface area contributed by atoms with Crippen molar-refractivity contribution < 1.29 is 19.5 Å². The van der Waals surface area contributed by atoms with E-state index in [9.17, 15) is 19.5 Å². The first-order valence-electron chi connectivity index (χ1n) is 7.92. The Hall–Kier alpha value is -1.83.